The number of anilines is 1. The number of esters is 1. The minimum Gasteiger partial charge on any atom is -0.466 e. The number of amides is 1. The first-order valence-corrected chi connectivity index (χ1v) is 14.9. The molecule has 0 aromatic carbocycles. The van der Waals surface area contributed by atoms with Crippen molar-refractivity contribution in [3.05, 3.63) is 31.9 Å². The smallest absolute Gasteiger partial charge is 0.310 e. The number of ether oxygens (including phenoxy) is 1. The molecule has 1 unspecified atom stereocenters. The highest BCUT2D eigenvalue weighted by molar-refractivity contribution is 8.26. The van der Waals surface area contributed by atoms with E-state index in [0.717, 1.165) is 51.4 Å². The van der Waals surface area contributed by atoms with Gasteiger partial charge < -0.3 is 9.64 Å². The van der Waals surface area contributed by atoms with Crippen LogP contribution >= 0.6 is 24.0 Å². The molecule has 4 rings (SSSR count). The predicted molar refractivity (Wildman–Crippen MR) is 154 cm³/mol. The van der Waals surface area contributed by atoms with Gasteiger partial charge in [0.05, 0.1) is 17.4 Å². The van der Waals surface area contributed by atoms with Gasteiger partial charge in [0.15, 0.2) is 0 Å². The number of thiocarbonyl (C=S) groups is 1. The first-order valence-electron chi connectivity index (χ1n) is 13.7. The highest BCUT2D eigenvalue weighted by atomic mass is 32.2. The lowest BCUT2D eigenvalue weighted by Gasteiger charge is -2.36. The molecule has 2 saturated heterocycles. The molecule has 2 aliphatic heterocycles. The van der Waals surface area contributed by atoms with Gasteiger partial charge in [0, 0.05) is 31.2 Å². The van der Waals surface area contributed by atoms with Gasteiger partial charge in [-0.05, 0) is 57.6 Å². The fourth-order valence-corrected chi connectivity index (χ4v) is 7.10. The average molecular weight is 557 g/mol. The van der Waals surface area contributed by atoms with Crippen LogP contribution in [0.5, 0.6) is 0 Å². The molecule has 1 amide bonds. The molecule has 1 saturated carbocycles. The summed E-state index contributed by atoms with van der Waals surface area (Å²) in [4.78, 5) is 44.0. The summed E-state index contributed by atoms with van der Waals surface area (Å²) >= 11 is 6.90. The van der Waals surface area contributed by atoms with Gasteiger partial charge in [0.1, 0.15) is 21.8 Å². The van der Waals surface area contributed by atoms with Crippen LogP contribution < -0.4 is 10.5 Å². The number of rotatable bonds is 8. The number of piperidine rings is 1. The molecule has 3 heterocycles. The van der Waals surface area contributed by atoms with Crippen LogP contribution in [-0.4, -0.2) is 51.4 Å². The van der Waals surface area contributed by atoms with Crippen molar-refractivity contribution >= 4 is 52.1 Å². The maximum Gasteiger partial charge on any atom is 0.310 e. The molecular formula is C28H36N4O4S2. The molecule has 8 nitrogen and oxygen atoms in total. The number of unbranched alkanes of at least 4 members (excludes halogenated alkanes) is 1. The number of thioether (sulfide) groups is 1. The molecule has 0 N–H and O–H groups in total. The second kappa shape index (κ2) is 12.5. The number of nitriles is 1. The van der Waals surface area contributed by atoms with Gasteiger partial charge in [0.2, 0.25) is 0 Å². The van der Waals surface area contributed by atoms with E-state index in [4.69, 9.17) is 17.0 Å². The number of aromatic nitrogens is 1. The van der Waals surface area contributed by atoms with E-state index in [-0.39, 0.29) is 35.0 Å². The summed E-state index contributed by atoms with van der Waals surface area (Å²) in [5, 5.41) is 9.93. The van der Waals surface area contributed by atoms with Crippen LogP contribution in [0.3, 0.4) is 0 Å². The van der Waals surface area contributed by atoms with Crippen molar-refractivity contribution in [3.8, 4) is 6.07 Å². The molecular weight excluding hydrogens is 520 g/mol. The Morgan fingerprint density at radius 1 is 1.21 bits per heavy atom. The Morgan fingerprint density at radius 2 is 1.95 bits per heavy atom. The fraction of sp³-hybridized carbons (Fsp3) is 0.607. The summed E-state index contributed by atoms with van der Waals surface area (Å²) in [6.07, 6.45) is 9.04. The van der Waals surface area contributed by atoms with Crippen LogP contribution in [0.4, 0.5) is 5.82 Å². The highest BCUT2D eigenvalue weighted by Gasteiger charge is 2.39. The lowest BCUT2D eigenvalue weighted by atomic mass is 9.96. The van der Waals surface area contributed by atoms with E-state index in [9.17, 15) is 19.6 Å². The van der Waals surface area contributed by atoms with Crippen LogP contribution in [0.25, 0.3) is 6.08 Å². The lowest BCUT2D eigenvalue weighted by Crippen LogP contribution is -2.43. The topological polar surface area (TPSA) is 95.6 Å². The number of hydrogen-bond acceptors (Lipinski definition) is 8. The number of carbonyl (C=O) groups is 2. The number of hydrogen-bond donors (Lipinski definition) is 0. The second-order valence-corrected chi connectivity index (χ2v) is 11.9. The number of pyridine rings is 1. The van der Waals surface area contributed by atoms with Crippen molar-refractivity contribution in [1.29, 1.82) is 5.26 Å². The van der Waals surface area contributed by atoms with E-state index in [0.29, 0.717) is 52.4 Å². The van der Waals surface area contributed by atoms with E-state index in [1.165, 1.54) is 11.8 Å². The van der Waals surface area contributed by atoms with Crippen molar-refractivity contribution in [2.45, 2.75) is 84.7 Å². The van der Waals surface area contributed by atoms with Crippen molar-refractivity contribution in [2.24, 2.45) is 5.92 Å². The molecule has 38 heavy (non-hydrogen) atoms. The van der Waals surface area contributed by atoms with Gasteiger partial charge in [0.25, 0.3) is 11.5 Å². The Labute approximate surface area is 234 Å². The van der Waals surface area contributed by atoms with Crippen molar-refractivity contribution in [2.75, 3.05) is 24.6 Å². The van der Waals surface area contributed by atoms with E-state index >= 15 is 0 Å². The Hall–Kier alpha value is -2.64. The molecule has 1 atom stereocenters. The zero-order valence-electron chi connectivity index (χ0n) is 22.5. The SMILES string of the molecule is CCCCn1c(N2CCCC(C(=O)OCC)C2)c(C=C2SC(=S)N(C3CCCC3)C2=O)c(C)c(C#N)c1=O. The van der Waals surface area contributed by atoms with Crippen LogP contribution in [0.15, 0.2) is 9.70 Å². The third kappa shape index (κ3) is 5.55. The van der Waals surface area contributed by atoms with Gasteiger partial charge in [-0.2, -0.15) is 5.26 Å². The molecule has 0 bridgehead atoms. The fourth-order valence-electron chi connectivity index (χ4n) is 5.72. The monoisotopic (exact) mass is 556 g/mol. The van der Waals surface area contributed by atoms with Gasteiger partial charge in [-0.3, -0.25) is 23.9 Å². The number of nitrogens with zero attached hydrogens (tertiary/aromatic N) is 4. The zero-order valence-corrected chi connectivity index (χ0v) is 24.1. The maximum atomic E-state index is 13.5. The average Bonchev–Trinajstić information content (AvgIpc) is 3.52. The molecule has 10 heteroatoms. The van der Waals surface area contributed by atoms with E-state index in [2.05, 4.69) is 17.9 Å². The summed E-state index contributed by atoms with van der Waals surface area (Å²) < 4.78 is 7.55. The largest absolute Gasteiger partial charge is 0.466 e. The number of carbonyl (C=O) groups excluding carboxylic acids is 2. The molecule has 1 aromatic heterocycles. The molecule has 1 aliphatic carbocycles. The van der Waals surface area contributed by atoms with Crippen LogP contribution in [0.1, 0.15) is 81.9 Å². The Kier molecular flexibility index (Phi) is 9.32. The third-order valence-corrected chi connectivity index (χ3v) is 9.04. The summed E-state index contributed by atoms with van der Waals surface area (Å²) in [7, 11) is 0. The molecule has 204 valence electrons. The van der Waals surface area contributed by atoms with Crippen molar-refractivity contribution in [3.63, 3.8) is 0 Å². The first kappa shape index (κ1) is 28.4. The van der Waals surface area contributed by atoms with Gasteiger partial charge >= 0.3 is 5.97 Å². The Morgan fingerprint density at radius 3 is 2.61 bits per heavy atom. The highest BCUT2D eigenvalue weighted by Crippen LogP contribution is 2.40. The Balaban J connectivity index is 1.84. The summed E-state index contributed by atoms with van der Waals surface area (Å²) in [5.41, 5.74) is 0.974. The second-order valence-electron chi connectivity index (χ2n) is 10.2. The minimum absolute atomic E-state index is 0.0846. The van der Waals surface area contributed by atoms with Crippen LogP contribution in [0.2, 0.25) is 0 Å². The standard InChI is InChI=1S/C28H36N4O4S2/c1-4-6-14-31-24(30-13-9-10-19(17-30)27(35)36-5-2)21(18(3)22(16-29)25(31)33)15-23-26(34)32(28(37)38-23)20-11-7-8-12-20/h15,19-20H,4-14,17H2,1-3H3. The maximum absolute atomic E-state index is 13.5. The summed E-state index contributed by atoms with van der Waals surface area (Å²) in [5.74, 6) is 0.0250. The molecule has 0 radical (unpaired) electrons. The molecule has 3 fully saturated rings. The van der Waals surface area contributed by atoms with E-state index in [1.807, 2.05) is 6.08 Å². The third-order valence-electron chi connectivity index (χ3n) is 7.71. The predicted octanol–water partition coefficient (Wildman–Crippen LogP) is 4.75. The van der Waals surface area contributed by atoms with E-state index in [1.54, 1.807) is 23.3 Å². The summed E-state index contributed by atoms with van der Waals surface area (Å²) in [6, 6.07) is 2.24. The van der Waals surface area contributed by atoms with Crippen LogP contribution in [-0.2, 0) is 20.9 Å². The molecule has 1 aromatic rings. The summed E-state index contributed by atoms with van der Waals surface area (Å²) in [6.45, 7) is 7.46. The minimum atomic E-state index is -0.331. The first-order chi connectivity index (χ1) is 18.3. The van der Waals surface area contributed by atoms with E-state index < -0.39 is 0 Å². The van der Waals surface area contributed by atoms with Crippen molar-refractivity contribution in [1.82, 2.24) is 9.47 Å². The zero-order chi connectivity index (χ0) is 27.4. The van der Waals surface area contributed by atoms with Crippen LogP contribution in [0, 0.1) is 24.2 Å². The molecule has 0 spiro atoms. The van der Waals surface area contributed by atoms with Gasteiger partial charge in [-0.25, -0.2) is 0 Å². The van der Waals surface area contributed by atoms with Crippen molar-refractivity contribution < 1.29 is 14.3 Å². The lowest BCUT2D eigenvalue weighted by molar-refractivity contribution is -0.148. The quantitative estimate of drug-likeness (QED) is 0.257. The van der Waals surface area contributed by atoms with Gasteiger partial charge in [-0.1, -0.05) is 50.2 Å². The molecule has 3 aliphatic rings. The Bertz CT molecular complexity index is 1240. The van der Waals surface area contributed by atoms with Gasteiger partial charge in [-0.15, -0.1) is 0 Å². The normalized spacial score (nSPS) is 21.4.